The van der Waals surface area contributed by atoms with Gasteiger partial charge in [-0.25, -0.2) is 31.9 Å². The number of halogens is 5. The highest BCUT2D eigenvalue weighted by Crippen LogP contribution is 2.50. The molecule has 4 aromatic carbocycles. The Morgan fingerprint density at radius 1 is 0.693 bits per heavy atom. The van der Waals surface area contributed by atoms with E-state index in [9.17, 15) is 14.0 Å². The van der Waals surface area contributed by atoms with E-state index in [0.29, 0.717) is 60.8 Å². The van der Waals surface area contributed by atoms with Crippen molar-refractivity contribution < 1.29 is 41.0 Å². The van der Waals surface area contributed by atoms with Crippen LogP contribution in [0.2, 0.25) is 0 Å². The summed E-state index contributed by atoms with van der Waals surface area (Å²) in [6.45, 7) is 10.8. The Labute approximate surface area is 434 Å². The van der Waals surface area contributed by atoms with Crippen molar-refractivity contribution in [3.05, 3.63) is 112 Å². The molecule has 6 aromatic rings. The maximum atomic E-state index is 17.3. The minimum atomic E-state index is -0.896. The summed E-state index contributed by atoms with van der Waals surface area (Å²) in [5, 5.41) is 0. The second-order valence-electron chi connectivity index (χ2n) is 21.3. The molecule has 3 saturated heterocycles. The summed E-state index contributed by atoms with van der Waals surface area (Å²) < 4.78 is 96.8. The number of hydrogen-bond acceptors (Lipinski definition) is 12. The zero-order chi connectivity index (χ0) is 53.6. The number of carbonyl (C=O) groups is 2. The van der Waals surface area contributed by atoms with Gasteiger partial charge >= 0.3 is 11.9 Å². The van der Waals surface area contributed by atoms with Crippen LogP contribution >= 0.6 is 0 Å². The summed E-state index contributed by atoms with van der Waals surface area (Å²) in [6.07, 6.45) is 4.08. The van der Waals surface area contributed by atoms with E-state index in [1.807, 2.05) is 53.6 Å². The van der Waals surface area contributed by atoms with Crippen molar-refractivity contribution in [3.63, 3.8) is 0 Å². The fraction of sp³-hybridized carbons (Fsp3) is 0.500. The first-order valence-corrected chi connectivity index (χ1v) is 26.3. The van der Waals surface area contributed by atoms with Crippen LogP contribution < -0.4 is 26.2 Å². The molecule has 9 rings (SSSR count). The molecule has 402 valence electrons. The van der Waals surface area contributed by atoms with Gasteiger partial charge in [0.25, 0.3) is 0 Å². The average Bonchev–Trinajstić information content (AvgIpc) is 4.20. The summed E-state index contributed by atoms with van der Waals surface area (Å²) in [5.41, 5.74) is 15.0. The lowest BCUT2D eigenvalue weighted by Gasteiger charge is -2.36. The molecule has 0 saturated carbocycles. The van der Waals surface area contributed by atoms with E-state index in [1.54, 1.807) is 43.2 Å². The molecule has 4 N–H and O–H groups in total. The summed E-state index contributed by atoms with van der Waals surface area (Å²) in [6, 6.07) is 11.0. The van der Waals surface area contributed by atoms with Crippen LogP contribution in [0.3, 0.4) is 0 Å². The lowest BCUT2D eigenvalue weighted by atomic mass is 9.89. The Morgan fingerprint density at radius 2 is 1.25 bits per heavy atom. The number of benzene rings is 4. The minimum absolute atomic E-state index is 0.0714. The highest BCUT2D eigenvalue weighted by Gasteiger charge is 2.41. The average molecular weight is 1040 g/mol. The van der Waals surface area contributed by atoms with Crippen molar-refractivity contribution in [2.24, 2.45) is 23.3 Å². The van der Waals surface area contributed by atoms with Gasteiger partial charge in [0.1, 0.15) is 41.0 Å². The molecule has 5 atom stereocenters. The van der Waals surface area contributed by atoms with Crippen LogP contribution in [0.15, 0.2) is 60.7 Å². The van der Waals surface area contributed by atoms with Gasteiger partial charge in [-0.3, -0.25) is 23.6 Å². The van der Waals surface area contributed by atoms with Gasteiger partial charge in [0, 0.05) is 55.6 Å². The van der Waals surface area contributed by atoms with Gasteiger partial charge in [-0.1, -0.05) is 46.8 Å². The number of ether oxygens (including phenoxy) is 2. The normalized spacial score (nSPS) is 19.5. The number of carbonyl (C=O) groups excluding carboxylic acids is 2. The molecular formula is C56H69F5N10O4. The number of aromatic nitrogens is 4. The zero-order valence-electron chi connectivity index (χ0n) is 43.8. The maximum absolute atomic E-state index is 17.3. The summed E-state index contributed by atoms with van der Waals surface area (Å²) in [5.74, 6) is -3.78. The van der Waals surface area contributed by atoms with Crippen molar-refractivity contribution in [2.75, 3.05) is 55.0 Å². The molecule has 0 amide bonds. The number of imidazole rings is 2. The first-order chi connectivity index (χ1) is 35.8. The molecule has 0 bridgehead atoms. The minimum Gasteiger partial charge on any atom is -0.443 e. The van der Waals surface area contributed by atoms with Gasteiger partial charge in [0.15, 0.2) is 25.1 Å². The molecule has 3 fully saturated rings. The lowest BCUT2D eigenvalue weighted by Crippen LogP contribution is -2.37. The summed E-state index contributed by atoms with van der Waals surface area (Å²) >= 11 is 0. The first-order valence-electron chi connectivity index (χ1n) is 26.3. The zero-order valence-corrected chi connectivity index (χ0v) is 43.8. The fourth-order valence-electron chi connectivity index (χ4n) is 11.3. The number of nitrogens with zero attached hydrogens (tertiary/aromatic N) is 8. The number of piperidine rings is 1. The van der Waals surface area contributed by atoms with E-state index < -0.39 is 59.4 Å². The van der Waals surface area contributed by atoms with Crippen molar-refractivity contribution >= 4 is 51.3 Å². The summed E-state index contributed by atoms with van der Waals surface area (Å²) in [4.78, 5) is 43.4. The molecule has 3 aliphatic rings. The van der Waals surface area contributed by atoms with E-state index in [0.717, 1.165) is 31.4 Å². The Kier molecular flexibility index (Phi) is 15.8. The van der Waals surface area contributed by atoms with Crippen LogP contribution in [0.5, 0.6) is 0 Å². The van der Waals surface area contributed by atoms with Crippen LogP contribution in [0, 0.1) is 40.9 Å². The third-order valence-electron chi connectivity index (χ3n) is 15.7. The Bertz CT molecular complexity index is 3020. The van der Waals surface area contributed by atoms with Gasteiger partial charge in [0.2, 0.25) is 5.95 Å². The Balaban J connectivity index is 1.14. The molecular weight excluding hydrogens is 972 g/mol. The van der Waals surface area contributed by atoms with Crippen molar-refractivity contribution in [2.45, 2.75) is 129 Å². The second kappa shape index (κ2) is 22.1. The monoisotopic (exact) mass is 1040 g/mol. The topological polar surface area (TPSA) is 153 Å². The molecule has 4 unspecified atom stereocenters. The number of nitrogens with two attached hydrogens (primary N) is 2. The first kappa shape index (κ1) is 53.5. The molecule has 0 spiro atoms. The molecule has 0 radical (unpaired) electrons. The van der Waals surface area contributed by atoms with E-state index in [-0.39, 0.29) is 83.9 Å². The van der Waals surface area contributed by atoms with Crippen LogP contribution in [0.4, 0.5) is 39.3 Å². The molecule has 2 aromatic heterocycles. The second-order valence-corrected chi connectivity index (χ2v) is 21.3. The molecule has 5 heterocycles. The third-order valence-corrected chi connectivity index (χ3v) is 15.7. The van der Waals surface area contributed by atoms with Gasteiger partial charge in [0.05, 0.1) is 40.2 Å². The predicted molar refractivity (Wildman–Crippen MR) is 279 cm³/mol. The fourth-order valence-corrected chi connectivity index (χ4v) is 11.3. The van der Waals surface area contributed by atoms with E-state index in [4.69, 9.17) is 30.9 Å². The van der Waals surface area contributed by atoms with Crippen LogP contribution in [0.1, 0.15) is 126 Å². The number of anilines is 3. The van der Waals surface area contributed by atoms with E-state index in [2.05, 4.69) is 4.90 Å². The summed E-state index contributed by atoms with van der Waals surface area (Å²) in [7, 11) is 3.81. The third kappa shape index (κ3) is 10.6. The molecule has 19 heteroatoms. The lowest BCUT2D eigenvalue weighted by molar-refractivity contribution is -0.150. The SMILES string of the molecule is CCCN(C)c1nc2cc(F)c(C3CC[C@H](c4cc5nc(C6CCCN6C)n(COC(=O)C(N)C(C)C)c5cc4F)N3c3cc(F)c(N4CCC(c5ccc(F)cc5)CC4)c(F)c3)cc2n1COC(=O)C(N)C(C)C. The van der Waals surface area contributed by atoms with Gasteiger partial charge in [-0.15, -0.1) is 0 Å². The quantitative estimate of drug-likeness (QED) is 0.0661. The van der Waals surface area contributed by atoms with Crippen LogP contribution in [-0.4, -0.2) is 88.3 Å². The largest absolute Gasteiger partial charge is 0.443 e. The number of likely N-dealkylation sites (tertiary alicyclic amines) is 1. The van der Waals surface area contributed by atoms with Crippen molar-refractivity contribution in [1.29, 1.82) is 0 Å². The smallest absolute Gasteiger partial charge is 0.324 e. The standard InChI is InChI=1S/C56H69F5N10O4/c1-8-19-67(7)56-65-44-27-39(58)38(26-48(44)70(56)30-75-55(73)51(63)32(4)5)46-16-15-45(71(46)36-23-41(60)52(42(61)24-36)68-21-17-34(18-22-68)33-11-13-35(57)14-12-33)37-25-43-49(28-40(37)59)69(29-74-54(72)50(62)31(2)3)53(64-43)47-10-9-20-66(47)6/h11-14,23-28,31-32,34,45-47,50-51H,8-10,15-22,29-30,62-63H2,1-7H3/t45-,46?,47?,50?,51?/m1/s1. The number of rotatable bonds is 17. The van der Waals surface area contributed by atoms with Crippen molar-refractivity contribution in [3.8, 4) is 0 Å². The maximum Gasteiger partial charge on any atom is 0.324 e. The van der Waals surface area contributed by atoms with Gasteiger partial charge in [-0.05, 0) is 118 Å². The number of fused-ring (bicyclic) bond motifs is 2. The molecule has 14 nitrogen and oxygen atoms in total. The van der Waals surface area contributed by atoms with E-state index >= 15 is 17.6 Å². The highest BCUT2D eigenvalue weighted by atomic mass is 19.1. The van der Waals surface area contributed by atoms with Crippen molar-refractivity contribution in [1.82, 2.24) is 24.0 Å². The highest BCUT2D eigenvalue weighted by molar-refractivity contribution is 5.82. The molecule has 3 aliphatic heterocycles. The molecule has 75 heavy (non-hydrogen) atoms. The van der Waals surface area contributed by atoms with Crippen LogP contribution in [-0.2, 0) is 32.5 Å². The molecule has 0 aliphatic carbocycles. The van der Waals surface area contributed by atoms with Gasteiger partial charge in [-0.2, -0.15) is 0 Å². The van der Waals surface area contributed by atoms with Crippen LogP contribution in [0.25, 0.3) is 22.1 Å². The van der Waals surface area contributed by atoms with Gasteiger partial charge < -0.3 is 35.6 Å². The van der Waals surface area contributed by atoms with E-state index in [1.165, 1.54) is 36.4 Å². The predicted octanol–water partition coefficient (Wildman–Crippen LogP) is 10.1. The number of esters is 2. The Morgan fingerprint density at radius 3 is 1.83 bits per heavy atom. The Hall–Kier alpha value is -6.31. The number of hydrogen-bond donors (Lipinski definition) is 2.